The Balaban J connectivity index is 1.17. The summed E-state index contributed by atoms with van der Waals surface area (Å²) in [6, 6.07) is 6.53. The fraction of sp³-hybridized carbons (Fsp3) is 0.500. The second-order valence-electron chi connectivity index (χ2n) is 8.16. The quantitative estimate of drug-likeness (QED) is 0.452. The largest absolute Gasteiger partial charge is 0.497 e. The number of aliphatic hydroxyl groups excluding tert-OH is 1. The van der Waals surface area contributed by atoms with Crippen LogP contribution in [0.2, 0.25) is 0 Å². The molecule has 5 atom stereocenters. The second-order valence-corrected chi connectivity index (χ2v) is 8.16. The summed E-state index contributed by atoms with van der Waals surface area (Å²) < 4.78 is 18.7. The van der Waals surface area contributed by atoms with E-state index in [1.54, 1.807) is 37.6 Å². The van der Waals surface area contributed by atoms with Gasteiger partial charge in [-0.1, -0.05) is 0 Å². The minimum Gasteiger partial charge on any atom is -0.497 e. The lowest BCUT2D eigenvalue weighted by Gasteiger charge is -2.20. The molecule has 0 bridgehead atoms. The molecule has 0 unspecified atom stereocenters. The minimum atomic E-state index is -0.892. The van der Waals surface area contributed by atoms with E-state index in [0.29, 0.717) is 24.4 Å². The highest BCUT2D eigenvalue weighted by Gasteiger charge is 2.50. The number of amides is 3. The molecular weight excluding hydrogens is 430 g/mol. The number of fused-ring (bicyclic) bond motifs is 1. The lowest BCUT2D eigenvalue weighted by Crippen LogP contribution is -2.42. The monoisotopic (exact) mass is 459 g/mol. The van der Waals surface area contributed by atoms with Crippen LogP contribution in [0.25, 0.3) is 0 Å². The Morgan fingerprint density at radius 1 is 1.24 bits per heavy atom. The van der Waals surface area contributed by atoms with Crippen molar-refractivity contribution in [3.05, 3.63) is 42.5 Å². The van der Waals surface area contributed by atoms with Gasteiger partial charge >= 0.3 is 6.03 Å². The van der Waals surface area contributed by atoms with Gasteiger partial charge in [-0.3, -0.25) is 4.79 Å². The fourth-order valence-corrected chi connectivity index (χ4v) is 4.08. The van der Waals surface area contributed by atoms with Gasteiger partial charge in [0.25, 0.3) is 0 Å². The van der Waals surface area contributed by atoms with Crippen LogP contribution in [0, 0.1) is 0 Å². The molecule has 0 radical (unpaired) electrons. The van der Waals surface area contributed by atoms with Crippen LogP contribution in [0.3, 0.4) is 0 Å². The van der Waals surface area contributed by atoms with Gasteiger partial charge in [0.2, 0.25) is 5.91 Å². The maximum atomic E-state index is 12.2. The number of rotatable bonds is 8. The lowest BCUT2D eigenvalue weighted by molar-refractivity contribution is -0.125. The average Bonchev–Trinajstić information content (AvgIpc) is 3.47. The summed E-state index contributed by atoms with van der Waals surface area (Å²) >= 11 is 0. The number of ether oxygens (including phenoxy) is 3. The first kappa shape index (κ1) is 23.0. The van der Waals surface area contributed by atoms with Gasteiger partial charge in [0.05, 0.1) is 32.3 Å². The number of urea groups is 1. The topological polar surface area (TPSA) is 136 Å². The molecule has 4 N–H and O–H groups in total. The molecule has 2 saturated heterocycles. The molecule has 33 heavy (non-hydrogen) atoms. The summed E-state index contributed by atoms with van der Waals surface area (Å²) in [4.78, 5) is 28.6. The number of aliphatic hydroxyl groups is 1. The van der Waals surface area contributed by atoms with Gasteiger partial charge < -0.3 is 39.8 Å². The second kappa shape index (κ2) is 10.2. The lowest BCUT2D eigenvalue weighted by atomic mass is 10.1. The molecule has 11 nitrogen and oxygen atoms in total. The van der Waals surface area contributed by atoms with Crippen LogP contribution >= 0.6 is 0 Å². The van der Waals surface area contributed by atoms with Crippen molar-refractivity contribution >= 4 is 17.6 Å². The molecule has 4 rings (SSSR count). The maximum absolute atomic E-state index is 12.2. The molecular formula is C22H29N5O6. The molecule has 2 aromatic rings. The molecule has 3 amide bonds. The van der Waals surface area contributed by atoms with Crippen molar-refractivity contribution in [2.45, 2.75) is 49.9 Å². The molecule has 11 heteroatoms. The number of hydrogen-bond acceptors (Lipinski definition) is 7. The first-order valence-electron chi connectivity index (χ1n) is 10.8. The summed E-state index contributed by atoms with van der Waals surface area (Å²) in [5.74, 6) is 1.31. The van der Waals surface area contributed by atoms with Crippen molar-refractivity contribution in [2.75, 3.05) is 19.0 Å². The fourth-order valence-electron chi connectivity index (χ4n) is 4.08. The molecule has 2 fully saturated rings. The number of imidazole rings is 1. The van der Waals surface area contributed by atoms with Gasteiger partial charge in [-0.25, -0.2) is 9.78 Å². The zero-order chi connectivity index (χ0) is 23.4. The highest BCUT2D eigenvalue weighted by Crippen LogP contribution is 2.35. The van der Waals surface area contributed by atoms with Crippen LogP contribution in [0.15, 0.2) is 36.7 Å². The number of methoxy groups -OCH3 is 1. The van der Waals surface area contributed by atoms with Crippen LogP contribution < -0.4 is 20.7 Å². The number of aryl methyl sites for hydroxylation is 1. The SMILES string of the molecule is COc1ccc(NC(=O)NC[C@H]2O[C@@H]3C[C@@H](CC(=O)NCc4nccn4C)O[C@@H]3[C@@H]2O)cc1. The Morgan fingerprint density at radius 2 is 2.03 bits per heavy atom. The molecule has 2 aliphatic rings. The van der Waals surface area contributed by atoms with Crippen LogP contribution in [-0.4, -0.2) is 70.8 Å². The van der Waals surface area contributed by atoms with Crippen molar-refractivity contribution in [3.8, 4) is 5.75 Å². The van der Waals surface area contributed by atoms with E-state index in [1.165, 1.54) is 0 Å². The molecule has 1 aromatic heterocycles. The molecule has 2 aliphatic heterocycles. The third-order valence-electron chi connectivity index (χ3n) is 5.87. The molecule has 0 spiro atoms. The van der Waals surface area contributed by atoms with Crippen LogP contribution in [0.5, 0.6) is 5.75 Å². The van der Waals surface area contributed by atoms with Gasteiger partial charge in [-0.05, 0) is 24.3 Å². The van der Waals surface area contributed by atoms with Gasteiger partial charge in [-0.2, -0.15) is 0 Å². The number of anilines is 1. The minimum absolute atomic E-state index is 0.133. The Bertz CT molecular complexity index is 964. The molecule has 1 aromatic carbocycles. The van der Waals surface area contributed by atoms with Gasteiger partial charge in [-0.15, -0.1) is 0 Å². The third kappa shape index (κ3) is 5.62. The molecule has 178 valence electrons. The van der Waals surface area contributed by atoms with Crippen LogP contribution in [0.1, 0.15) is 18.7 Å². The Kier molecular flexibility index (Phi) is 7.11. The van der Waals surface area contributed by atoms with Crippen molar-refractivity contribution < 1.29 is 28.9 Å². The highest BCUT2D eigenvalue weighted by molar-refractivity contribution is 5.89. The van der Waals surface area contributed by atoms with Crippen molar-refractivity contribution in [3.63, 3.8) is 0 Å². The van der Waals surface area contributed by atoms with Crippen molar-refractivity contribution in [1.82, 2.24) is 20.2 Å². The third-order valence-corrected chi connectivity index (χ3v) is 5.87. The first-order valence-corrected chi connectivity index (χ1v) is 10.8. The Hall–Kier alpha value is -3.15. The summed E-state index contributed by atoms with van der Waals surface area (Å²) in [5, 5.41) is 18.8. The van der Waals surface area contributed by atoms with Crippen molar-refractivity contribution in [1.29, 1.82) is 0 Å². The van der Waals surface area contributed by atoms with E-state index in [0.717, 1.165) is 5.82 Å². The van der Waals surface area contributed by atoms with E-state index in [4.69, 9.17) is 14.2 Å². The number of hydrogen-bond donors (Lipinski definition) is 4. The van der Waals surface area contributed by atoms with E-state index < -0.39 is 24.3 Å². The Morgan fingerprint density at radius 3 is 2.70 bits per heavy atom. The zero-order valence-electron chi connectivity index (χ0n) is 18.6. The van der Waals surface area contributed by atoms with Gasteiger partial charge in [0, 0.05) is 38.1 Å². The number of nitrogens with one attached hydrogen (secondary N) is 3. The summed E-state index contributed by atoms with van der Waals surface area (Å²) in [6.45, 7) is 0.474. The van der Waals surface area contributed by atoms with E-state index in [-0.39, 0.29) is 31.1 Å². The first-order chi connectivity index (χ1) is 15.9. The predicted molar refractivity (Wildman–Crippen MR) is 118 cm³/mol. The maximum Gasteiger partial charge on any atom is 0.319 e. The van der Waals surface area contributed by atoms with Crippen molar-refractivity contribution in [2.24, 2.45) is 7.05 Å². The molecule has 3 heterocycles. The van der Waals surface area contributed by atoms with E-state index in [1.807, 2.05) is 17.8 Å². The number of carbonyl (C=O) groups excluding carboxylic acids is 2. The predicted octanol–water partition coefficient (Wildman–Crippen LogP) is 0.543. The number of nitrogens with zero attached hydrogens (tertiary/aromatic N) is 2. The highest BCUT2D eigenvalue weighted by atomic mass is 16.6. The average molecular weight is 460 g/mol. The molecule has 0 aliphatic carbocycles. The number of carbonyl (C=O) groups is 2. The zero-order valence-corrected chi connectivity index (χ0v) is 18.6. The van der Waals surface area contributed by atoms with E-state index in [2.05, 4.69) is 20.9 Å². The smallest absolute Gasteiger partial charge is 0.319 e. The number of benzene rings is 1. The van der Waals surface area contributed by atoms with Gasteiger partial charge in [0.15, 0.2) is 0 Å². The molecule has 0 saturated carbocycles. The summed E-state index contributed by atoms with van der Waals surface area (Å²) in [7, 11) is 3.43. The van der Waals surface area contributed by atoms with Crippen LogP contribution in [0.4, 0.5) is 10.5 Å². The summed E-state index contributed by atoms with van der Waals surface area (Å²) in [5.41, 5.74) is 0.616. The summed E-state index contributed by atoms with van der Waals surface area (Å²) in [6.07, 6.45) is 1.54. The Labute approximate surface area is 191 Å². The van der Waals surface area contributed by atoms with Crippen LogP contribution in [-0.2, 0) is 27.9 Å². The standard InChI is InChI=1S/C22H29N5O6/c1-27-8-7-23-18(27)12-24-19(28)10-15-9-16-21(32-15)20(29)17(33-16)11-25-22(30)26-13-3-5-14(31-2)6-4-13/h3-8,15-17,20-21,29H,9-12H2,1-2H3,(H,24,28)(H2,25,26,30)/t15-,16+,17+,20+,21-/m0/s1. The van der Waals surface area contributed by atoms with E-state index >= 15 is 0 Å². The van der Waals surface area contributed by atoms with E-state index in [9.17, 15) is 14.7 Å². The number of aromatic nitrogens is 2. The van der Waals surface area contributed by atoms with Gasteiger partial charge in [0.1, 0.15) is 29.9 Å². The normalized spacial score (nSPS) is 26.0.